The SMILES string of the molecule is CCOC(=O)/C1=C(\Nc2ccccc2I)CCCN(S(=O)(=O)c2ccccc2)CC1. The van der Waals surface area contributed by atoms with Crippen molar-refractivity contribution in [3.05, 3.63) is 69.4 Å². The van der Waals surface area contributed by atoms with Crippen molar-refractivity contribution < 1.29 is 17.9 Å². The van der Waals surface area contributed by atoms with Gasteiger partial charge in [-0.15, -0.1) is 0 Å². The summed E-state index contributed by atoms with van der Waals surface area (Å²) in [6.45, 7) is 2.65. The largest absolute Gasteiger partial charge is 0.463 e. The molecule has 0 atom stereocenters. The van der Waals surface area contributed by atoms with Gasteiger partial charge in [-0.25, -0.2) is 13.2 Å². The minimum Gasteiger partial charge on any atom is -0.463 e. The maximum absolute atomic E-state index is 13.0. The van der Waals surface area contributed by atoms with Crippen molar-refractivity contribution in [3.8, 4) is 0 Å². The first-order valence-electron chi connectivity index (χ1n) is 9.89. The van der Waals surface area contributed by atoms with Gasteiger partial charge in [0, 0.05) is 22.4 Å². The molecule has 0 aromatic heterocycles. The first kappa shape index (κ1) is 22.8. The number of hydrogen-bond acceptors (Lipinski definition) is 5. The molecule has 0 radical (unpaired) electrons. The Bertz CT molecular complexity index is 1020. The molecule has 2 aromatic carbocycles. The standard InChI is InChI=1S/C22H25IN2O4S/c1-2-29-22(26)18-14-16-25(30(27,28)17-9-4-3-5-10-17)15-8-13-20(18)24-21-12-7-6-11-19(21)23/h3-7,9-12,24H,2,8,13-16H2,1H3/b20-18-. The molecule has 1 N–H and O–H groups in total. The monoisotopic (exact) mass is 540 g/mol. The van der Waals surface area contributed by atoms with Crippen molar-refractivity contribution in [1.82, 2.24) is 4.31 Å². The molecule has 3 rings (SSSR count). The number of halogens is 1. The topological polar surface area (TPSA) is 75.7 Å². The molecule has 0 saturated heterocycles. The van der Waals surface area contributed by atoms with Gasteiger partial charge in [0.25, 0.3) is 0 Å². The van der Waals surface area contributed by atoms with E-state index < -0.39 is 16.0 Å². The van der Waals surface area contributed by atoms with Gasteiger partial charge in [0.15, 0.2) is 0 Å². The summed E-state index contributed by atoms with van der Waals surface area (Å²) in [6.07, 6.45) is 1.44. The van der Waals surface area contributed by atoms with Crippen LogP contribution in [0.3, 0.4) is 0 Å². The van der Waals surface area contributed by atoms with E-state index in [0.717, 1.165) is 15.0 Å². The number of nitrogens with zero attached hydrogens (tertiary/aromatic N) is 1. The lowest BCUT2D eigenvalue weighted by atomic mass is 10.0. The van der Waals surface area contributed by atoms with Crippen LogP contribution < -0.4 is 5.32 Å². The van der Waals surface area contributed by atoms with Crippen LogP contribution in [0, 0.1) is 3.57 Å². The number of para-hydroxylation sites is 1. The van der Waals surface area contributed by atoms with Crippen LogP contribution in [0.5, 0.6) is 0 Å². The number of allylic oxidation sites excluding steroid dienone is 1. The van der Waals surface area contributed by atoms with Crippen molar-refractivity contribution in [2.45, 2.75) is 31.1 Å². The Labute approximate surface area is 191 Å². The molecule has 6 nitrogen and oxygen atoms in total. The van der Waals surface area contributed by atoms with Crippen LogP contribution in [-0.4, -0.2) is 38.4 Å². The molecule has 0 saturated carbocycles. The fourth-order valence-electron chi connectivity index (χ4n) is 3.37. The highest BCUT2D eigenvalue weighted by Gasteiger charge is 2.28. The van der Waals surface area contributed by atoms with E-state index in [4.69, 9.17) is 4.74 Å². The van der Waals surface area contributed by atoms with Gasteiger partial charge >= 0.3 is 5.97 Å². The van der Waals surface area contributed by atoms with Crippen molar-refractivity contribution in [3.63, 3.8) is 0 Å². The van der Waals surface area contributed by atoms with Gasteiger partial charge < -0.3 is 10.1 Å². The molecule has 1 heterocycles. The van der Waals surface area contributed by atoms with Crippen LogP contribution in [0.1, 0.15) is 26.2 Å². The molecule has 0 amide bonds. The molecular formula is C22H25IN2O4S. The first-order chi connectivity index (χ1) is 14.4. The fraction of sp³-hybridized carbons (Fsp3) is 0.318. The normalized spacial score (nSPS) is 18.3. The zero-order valence-corrected chi connectivity index (χ0v) is 19.8. The van der Waals surface area contributed by atoms with Crippen molar-refractivity contribution >= 4 is 44.3 Å². The van der Waals surface area contributed by atoms with E-state index in [2.05, 4.69) is 27.9 Å². The van der Waals surface area contributed by atoms with E-state index in [-0.39, 0.29) is 24.5 Å². The van der Waals surface area contributed by atoms with Gasteiger partial charge in [-0.2, -0.15) is 4.31 Å². The minimum atomic E-state index is -3.61. The summed E-state index contributed by atoms with van der Waals surface area (Å²) in [7, 11) is -3.61. The number of rotatable bonds is 6. The van der Waals surface area contributed by atoms with Crippen LogP contribution in [0.2, 0.25) is 0 Å². The lowest BCUT2D eigenvalue weighted by Crippen LogP contribution is -2.35. The van der Waals surface area contributed by atoms with Gasteiger partial charge in [-0.1, -0.05) is 30.3 Å². The summed E-state index contributed by atoms with van der Waals surface area (Å²) in [6, 6.07) is 16.3. The summed E-state index contributed by atoms with van der Waals surface area (Å²) in [5.41, 5.74) is 2.23. The number of sulfonamides is 1. The van der Waals surface area contributed by atoms with E-state index in [1.807, 2.05) is 24.3 Å². The second-order valence-electron chi connectivity index (χ2n) is 6.85. The van der Waals surface area contributed by atoms with E-state index in [1.165, 1.54) is 4.31 Å². The second-order valence-corrected chi connectivity index (χ2v) is 9.95. The number of ether oxygens (including phenoxy) is 1. The predicted molar refractivity (Wildman–Crippen MR) is 125 cm³/mol. The van der Waals surface area contributed by atoms with Gasteiger partial charge in [0.1, 0.15) is 0 Å². The zero-order valence-electron chi connectivity index (χ0n) is 16.8. The van der Waals surface area contributed by atoms with Gasteiger partial charge in [-0.05, 0) is 73.0 Å². The Morgan fingerprint density at radius 2 is 1.77 bits per heavy atom. The highest BCUT2D eigenvalue weighted by Crippen LogP contribution is 2.27. The van der Waals surface area contributed by atoms with E-state index >= 15 is 0 Å². The molecule has 0 aliphatic carbocycles. The third-order valence-electron chi connectivity index (χ3n) is 4.87. The number of hydrogen-bond donors (Lipinski definition) is 1. The number of esters is 1. The Kier molecular flexibility index (Phi) is 7.90. The van der Waals surface area contributed by atoms with Crippen LogP contribution in [-0.2, 0) is 19.6 Å². The highest BCUT2D eigenvalue weighted by atomic mass is 127. The molecule has 160 valence electrons. The molecule has 0 bridgehead atoms. The molecule has 30 heavy (non-hydrogen) atoms. The minimum absolute atomic E-state index is 0.225. The van der Waals surface area contributed by atoms with Crippen LogP contribution in [0.25, 0.3) is 0 Å². The fourth-order valence-corrected chi connectivity index (χ4v) is 5.39. The third kappa shape index (κ3) is 5.41. The lowest BCUT2D eigenvalue weighted by Gasteiger charge is -2.27. The highest BCUT2D eigenvalue weighted by molar-refractivity contribution is 14.1. The number of anilines is 1. The number of carbonyl (C=O) groups is 1. The summed E-state index contributed by atoms with van der Waals surface area (Å²) in [5, 5.41) is 3.39. The molecular weight excluding hydrogens is 515 g/mol. The average Bonchev–Trinajstić information content (AvgIpc) is 2.72. The number of nitrogens with one attached hydrogen (secondary N) is 1. The number of carbonyl (C=O) groups excluding carboxylic acids is 1. The maximum atomic E-state index is 13.0. The second kappa shape index (κ2) is 10.4. The summed E-state index contributed by atoms with van der Waals surface area (Å²) >= 11 is 2.25. The smallest absolute Gasteiger partial charge is 0.335 e. The van der Waals surface area contributed by atoms with Crippen LogP contribution >= 0.6 is 22.6 Å². The molecule has 0 spiro atoms. The quantitative estimate of drug-likeness (QED) is 0.435. The van der Waals surface area contributed by atoms with E-state index in [9.17, 15) is 13.2 Å². The van der Waals surface area contributed by atoms with Gasteiger partial charge in [-0.3, -0.25) is 0 Å². The Morgan fingerprint density at radius 1 is 1.07 bits per heavy atom. The lowest BCUT2D eigenvalue weighted by molar-refractivity contribution is -0.138. The number of benzene rings is 2. The predicted octanol–water partition coefficient (Wildman–Crippen LogP) is 4.40. The summed E-state index contributed by atoms with van der Waals surface area (Å²) in [4.78, 5) is 13.0. The van der Waals surface area contributed by atoms with Crippen molar-refractivity contribution in [1.29, 1.82) is 0 Å². The molecule has 0 unspecified atom stereocenters. The first-order valence-corrected chi connectivity index (χ1v) is 12.4. The van der Waals surface area contributed by atoms with Gasteiger partial charge in [0.2, 0.25) is 10.0 Å². The van der Waals surface area contributed by atoms with E-state index in [1.54, 1.807) is 37.3 Å². The van der Waals surface area contributed by atoms with E-state index in [0.29, 0.717) is 25.0 Å². The summed E-state index contributed by atoms with van der Waals surface area (Å²) < 4.78 is 33.9. The summed E-state index contributed by atoms with van der Waals surface area (Å²) in [5.74, 6) is -0.398. The maximum Gasteiger partial charge on any atom is 0.335 e. The van der Waals surface area contributed by atoms with Gasteiger partial charge in [0.05, 0.1) is 22.8 Å². The average molecular weight is 540 g/mol. The Morgan fingerprint density at radius 3 is 2.47 bits per heavy atom. The molecule has 1 aliphatic rings. The van der Waals surface area contributed by atoms with Crippen LogP contribution in [0.15, 0.2) is 70.8 Å². The van der Waals surface area contributed by atoms with Crippen molar-refractivity contribution in [2.75, 3.05) is 25.0 Å². The third-order valence-corrected chi connectivity index (χ3v) is 7.73. The Hall–Kier alpha value is -1.91. The molecule has 0 fully saturated rings. The molecule has 1 aliphatic heterocycles. The van der Waals surface area contributed by atoms with Crippen LogP contribution in [0.4, 0.5) is 5.69 Å². The Balaban J connectivity index is 1.89. The molecule has 2 aromatic rings. The van der Waals surface area contributed by atoms with Crippen molar-refractivity contribution in [2.24, 2.45) is 0 Å². The molecule has 8 heteroatoms. The zero-order chi connectivity index (χ0) is 21.6.